The van der Waals surface area contributed by atoms with Gasteiger partial charge in [-0.1, -0.05) is 0 Å². The number of anilines is 1. The van der Waals surface area contributed by atoms with Gasteiger partial charge in [0.15, 0.2) is 18.2 Å². The summed E-state index contributed by atoms with van der Waals surface area (Å²) < 4.78 is 10.9. The first-order valence-corrected chi connectivity index (χ1v) is 10.3. The highest BCUT2D eigenvalue weighted by Gasteiger charge is 2.34. The van der Waals surface area contributed by atoms with Crippen LogP contribution in [0.3, 0.4) is 0 Å². The van der Waals surface area contributed by atoms with Crippen LogP contribution in [0.4, 0.5) is 5.00 Å². The van der Waals surface area contributed by atoms with Crippen LogP contribution >= 0.6 is 11.3 Å². The van der Waals surface area contributed by atoms with Gasteiger partial charge in [-0.3, -0.25) is 4.79 Å². The number of ether oxygens (including phenoxy) is 1. The number of amides is 1. The highest BCUT2D eigenvalue weighted by Crippen LogP contribution is 2.38. The number of H-pyrrole nitrogens is 1. The normalized spacial score (nSPS) is 16.1. The number of nitrogens with one attached hydrogen (secondary N) is 3. The number of furan rings is 1. The fraction of sp³-hybridized carbons (Fsp3) is 0.333. The molecular formula is C21H25N3O3S+2. The average molecular weight is 400 g/mol. The molecule has 3 aromatic rings. The number of aryl methyl sites for hydroxylation is 1. The summed E-state index contributed by atoms with van der Waals surface area (Å²) in [7, 11) is 0. The highest BCUT2D eigenvalue weighted by atomic mass is 32.1. The lowest BCUT2D eigenvalue weighted by molar-refractivity contribution is -0.933. The van der Waals surface area contributed by atoms with E-state index in [-0.39, 0.29) is 11.9 Å². The summed E-state index contributed by atoms with van der Waals surface area (Å²) in [6.45, 7) is 7.61. The van der Waals surface area contributed by atoms with E-state index in [1.54, 1.807) is 23.5 Å². The fourth-order valence-corrected chi connectivity index (χ4v) is 4.87. The largest absolute Gasteiger partial charge is 0.459 e. The molecule has 0 radical (unpaired) electrons. The lowest BCUT2D eigenvalue weighted by atomic mass is 9.95. The quantitative estimate of drug-likeness (QED) is 0.690. The summed E-state index contributed by atoms with van der Waals surface area (Å²) in [4.78, 5) is 18.5. The molecular weight excluding hydrogens is 374 g/mol. The molecule has 0 spiro atoms. The molecule has 1 aliphatic rings. The molecule has 0 aliphatic carbocycles. The van der Waals surface area contributed by atoms with E-state index in [0.29, 0.717) is 5.76 Å². The predicted octanol–water partition coefficient (Wildman–Crippen LogP) is 2.03. The Morgan fingerprint density at radius 1 is 1.25 bits per heavy atom. The Bertz CT molecular complexity index is 931. The van der Waals surface area contributed by atoms with Gasteiger partial charge in [0.1, 0.15) is 24.1 Å². The number of aromatic nitrogens is 1. The molecule has 146 valence electrons. The van der Waals surface area contributed by atoms with Gasteiger partial charge in [0.2, 0.25) is 0 Å². The van der Waals surface area contributed by atoms with E-state index in [9.17, 15) is 4.79 Å². The Kier molecular flexibility index (Phi) is 5.57. The second kappa shape index (κ2) is 8.26. The Balaban J connectivity index is 1.76. The molecule has 1 saturated heterocycles. The summed E-state index contributed by atoms with van der Waals surface area (Å²) >= 11 is 1.63. The summed E-state index contributed by atoms with van der Waals surface area (Å²) in [5.74, 6) is 0.0980. The topological polar surface area (TPSA) is 70.0 Å². The van der Waals surface area contributed by atoms with E-state index in [1.165, 1.54) is 32.7 Å². The Hall–Kier alpha value is -2.48. The van der Waals surface area contributed by atoms with E-state index in [0.717, 1.165) is 31.3 Å². The minimum Gasteiger partial charge on any atom is -0.459 e. The van der Waals surface area contributed by atoms with Crippen LogP contribution in [0, 0.1) is 13.8 Å². The maximum absolute atomic E-state index is 12.7. The van der Waals surface area contributed by atoms with Crippen molar-refractivity contribution in [3.05, 3.63) is 70.3 Å². The van der Waals surface area contributed by atoms with E-state index >= 15 is 0 Å². The van der Waals surface area contributed by atoms with Gasteiger partial charge in [0, 0.05) is 10.9 Å². The zero-order valence-corrected chi connectivity index (χ0v) is 16.9. The van der Waals surface area contributed by atoms with Crippen LogP contribution in [0.2, 0.25) is 0 Å². The van der Waals surface area contributed by atoms with E-state index in [4.69, 9.17) is 9.15 Å². The molecule has 3 aromatic heterocycles. The summed E-state index contributed by atoms with van der Waals surface area (Å²) in [6.07, 6.45) is 5.49. The Morgan fingerprint density at radius 3 is 2.75 bits per heavy atom. The Morgan fingerprint density at radius 2 is 2.07 bits per heavy atom. The highest BCUT2D eigenvalue weighted by molar-refractivity contribution is 7.16. The average Bonchev–Trinajstić information content (AvgIpc) is 3.35. The first kappa shape index (κ1) is 18.9. The number of hydrogen-bond acceptors (Lipinski definition) is 4. The van der Waals surface area contributed by atoms with Crippen LogP contribution in [0.25, 0.3) is 0 Å². The maximum Gasteiger partial charge on any atom is 0.291 e. The maximum atomic E-state index is 12.7. The van der Waals surface area contributed by atoms with Gasteiger partial charge in [0.25, 0.3) is 5.91 Å². The summed E-state index contributed by atoms with van der Waals surface area (Å²) in [5, 5.41) is 3.99. The molecule has 1 fully saturated rings. The predicted molar refractivity (Wildman–Crippen MR) is 107 cm³/mol. The van der Waals surface area contributed by atoms with E-state index in [2.05, 4.69) is 36.4 Å². The van der Waals surface area contributed by atoms with Crippen molar-refractivity contribution < 1.29 is 23.8 Å². The fourth-order valence-electron chi connectivity index (χ4n) is 3.77. The molecule has 1 aliphatic heterocycles. The van der Waals surface area contributed by atoms with E-state index < -0.39 is 0 Å². The van der Waals surface area contributed by atoms with Crippen molar-refractivity contribution in [3.8, 4) is 0 Å². The number of aromatic amines is 1. The van der Waals surface area contributed by atoms with Gasteiger partial charge in [-0.05, 0) is 37.6 Å². The monoisotopic (exact) mass is 399 g/mol. The molecule has 0 saturated carbocycles. The second-order valence-electron chi connectivity index (χ2n) is 7.00. The van der Waals surface area contributed by atoms with Crippen molar-refractivity contribution >= 4 is 22.2 Å². The SMILES string of the molecule is Cc1sc(NC(=O)c2ccco2)c(C(c2ccc[nH+]c2)[NH+]2CCOCC2)c1C. The first-order valence-electron chi connectivity index (χ1n) is 9.48. The second-order valence-corrected chi connectivity index (χ2v) is 8.22. The van der Waals surface area contributed by atoms with E-state index in [1.807, 2.05) is 12.3 Å². The number of hydrogen-bond donors (Lipinski definition) is 2. The van der Waals surface area contributed by atoms with Crippen LogP contribution in [0.15, 0.2) is 47.3 Å². The lowest BCUT2D eigenvalue weighted by Gasteiger charge is -2.32. The van der Waals surface area contributed by atoms with Crippen molar-refractivity contribution in [1.29, 1.82) is 0 Å². The first-order chi connectivity index (χ1) is 13.6. The number of carbonyl (C=O) groups is 1. The van der Waals surface area contributed by atoms with Gasteiger partial charge >= 0.3 is 0 Å². The smallest absolute Gasteiger partial charge is 0.291 e. The minimum atomic E-state index is -0.220. The molecule has 0 bridgehead atoms. The van der Waals surface area contributed by atoms with Gasteiger partial charge in [-0.15, -0.1) is 11.3 Å². The van der Waals surface area contributed by atoms with Gasteiger partial charge in [0.05, 0.1) is 30.6 Å². The number of carbonyl (C=O) groups excluding carboxylic acids is 1. The van der Waals surface area contributed by atoms with Crippen LogP contribution in [-0.2, 0) is 4.74 Å². The van der Waals surface area contributed by atoms with Crippen molar-refractivity contribution in [2.75, 3.05) is 31.6 Å². The van der Waals surface area contributed by atoms with Crippen LogP contribution in [-0.4, -0.2) is 32.2 Å². The third-order valence-corrected chi connectivity index (χ3v) is 6.44. The molecule has 4 heterocycles. The minimum absolute atomic E-state index is 0.123. The van der Waals surface area contributed by atoms with Crippen molar-refractivity contribution in [2.24, 2.45) is 0 Å². The van der Waals surface area contributed by atoms with Gasteiger partial charge in [-0.2, -0.15) is 0 Å². The third-order valence-electron chi connectivity index (χ3n) is 5.30. The summed E-state index contributed by atoms with van der Waals surface area (Å²) in [5.41, 5.74) is 3.61. The van der Waals surface area contributed by atoms with Gasteiger partial charge < -0.3 is 19.4 Å². The van der Waals surface area contributed by atoms with Crippen molar-refractivity contribution in [1.82, 2.24) is 0 Å². The van der Waals surface area contributed by atoms with Gasteiger partial charge in [-0.25, -0.2) is 4.98 Å². The zero-order chi connectivity index (χ0) is 19.5. The van der Waals surface area contributed by atoms with Crippen molar-refractivity contribution in [3.63, 3.8) is 0 Å². The van der Waals surface area contributed by atoms with Crippen molar-refractivity contribution in [2.45, 2.75) is 19.9 Å². The van der Waals surface area contributed by atoms with Crippen LogP contribution in [0.5, 0.6) is 0 Å². The summed E-state index contributed by atoms with van der Waals surface area (Å²) in [6, 6.07) is 7.70. The molecule has 0 aromatic carbocycles. The molecule has 1 amide bonds. The molecule has 4 rings (SSSR count). The molecule has 1 atom stereocenters. The van der Waals surface area contributed by atoms with Crippen LogP contribution in [0.1, 0.15) is 38.2 Å². The Labute approximate surface area is 168 Å². The number of morpholine rings is 1. The molecule has 7 heteroatoms. The lowest BCUT2D eigenvalue weighted by Crippen LogP contribution is -3.14. The molecule has 3 N–H and O–H groups in total. The molecule has 6 nitrogen and oxygen atoms in total. The number of rotatable bonds is 5. The number of quaternary nitrogens is 1. The third kappa shape index (κ3) is 3.73. The van der Waals surface area contributed by atoms with Crippen LogP contribution < -0.4 is 15.2 Å². The number of pyridine rings is 1. The molecule has 28 heavy (non-hydrogen) atoms. The number of thiophene rings is 1. The standard InChI is InChI=1S/C21H23N3O3S/c1-14-15(2)28-21(23-20(25)17-6-4-10-27-17)18(14)19(16-5-3-7-22-13-16)24-8-11-26-12-9-24/h3-7,10,13,19H,8-9,11-12H2,1-2H3,(H,23,25)/p+2. The zero-order valence-electron chi connectivity index (χ0n) is 16.1. The molecule has 1 unspecified atom stereocenters.